The lowest BCUT2D eigenvalue weighted by Gasteiger charge is -2.34. The highest BCUT2D eigenvalue weighted by molar-refractivity contribution is 9.10. The van der Waals surface area contributed by atoms with Crippen molar-refractivity contribution in [3.05, 3.63) is 63.6 Å². The molecule has 0 spiro atoms. The number of Topliss-reactive ketones (excluding diaryl/α,β-unsaturated/α-hetero) is 1. The first-order valence-electron chi connectivity index (χ1n) is 10.5. The Labute approximate surface area is 198 Å². The summed E-state index contributed by atoms with van der Waals surface area (Å²) < 4.78 is 39.7. The smallest absolute Gasteiger partial charge is 0.398 e. The van der Waals surface area contributed by atoms with E-state index in [1.54, 1.807) is 0 Å². The third kappa shape index (κ3) is 6.78. The molecule has 10 heteroatoms. The van der Waals surface area contributed by atoms with E-state index in [9.17, 15) is 22.8 Å². The van der Waals surface area contributed by atoms with E-state index >= 15 is 0 Å². The summed E-state index contributed by atoms with van der Waals surface area (Å²) in [5, 5.41) is 2.35. The molecule has 1 amide bonds. The van der Waals surface area contributed by atoms with Gasteiger partial charge in [0.2, 0.25) is 0 Å². The van der Waals surface area contributed by atoms with Gasteiger partial charge in [0.25, 0.3) is 5.91 Å². The third-order valence-electron chi connectivity index (χ3n) is 5.88. The van der Waals surface area contributed by atoms with Crippen molar-refractivity contribution < 1.29 is 22.8 Å². The van der Waals surface area contributed by atoms with E-state index in [0.29, 0.717) is 6.07 Å². The van der Waals surface area contributed by atoms with Gasteiger partial charge in [0.05, 0.1) is 23.7 Å². The molecule has 1 saturated heterocycles. The second-order valence-electron chi connectivity index (χ2n) is 8.21. The topological polar surface area (TPSA) is 101 Å². The molecule has 33 heavy (non-hydrogen) atoms. The number of piperidine rings is 1. The van der Waals surface area contributed by atoms with Gasteiger partial charge in [-0.25, -0.2) is 0 Å². The standard InChI is InChI=1S/C23H26BrF3N4O2/c24-17-4-1-14(2-5-17)13-31-9-7-15(8-10-31)21(29)20(32)12-30-22(33)18-11-16(23(25,26)27)3-6-19(18)28/h1-6,11,15,21H,7-10,12-13,28-29H2,(H,30,33). The van der Waals surface area contributed by atoms with Crippen LogP contribution in [0.2, 0.25) is 0 Å². The minimum absolute atomic E-state index is 0.0193. The van der Waals surface area contributed by atoms with E-state index in [0.717, 1.165) is 49.1 Å². The van der Waals surface area contributed by atoms with Crippen molar-refractivity contribution in [2.75, 3.05) is 25.4 Å². The number of amides is 1. The number of carbonyl (C=O) groups is 2. The van der Waals surface area contributed by atoms with Gasteiger partial charge in [-0.3, -0.25) is 14.5 Å². The number of alkyl halides is 3. The van der Waals surface area contributed by atoms with Crippen LogP contribution in [0.15, 0.2) is 46.9 Å². The van der Waals surface area contributed by atoms with Crippen LogP contribution < -0.4 is 16.8 Å². The number of anilines is 1. The maximum atomic E-state index is 12.9. The van der Waals surface area contributed by atoms with E-state index in [-0.39, 0.29) is 29.5 Å². The van der Waals surface area contributed by atoms with Gasteiger partial charge in [0, 0.05) is 16.7 Å². The van der Waals surface area contributed by atoms with Crippen LogP contribution in [-0.2, 0) is 17.5 Å². The Morgan fingerprint density at radius 3 is 2.36 bits per heavy atom. The van der Waals surface area contributed by atoms with Crippen LogP contribution in [-0.4, -0.2) is 42.3 Å². The average Bonchev–Trinajstić information content (AvgIpc) is 2.78. The van der Waals surface area contributed by atoms with Gasteiger partial charge >= 0.3 is 6.18 Å². The maximum absolute atomic E-state index is 12.9. The van der Waals surface area contributed by atoms with Gasteiger partial charge in [0.1, 0.15) is 0 Å². The predicted octanol–water partition coefficient (Wildman–Crippen LogP) is 3.59. The van der Waals surface area contributed by atoms with Gasteiger partial charge in [-0.05, 0) is 67.7 Å². The molecular formula is C23H26BrF3N4O2. The van der Waals surface area contributed by atoms with Crippen LogP contribution in [0.1, 0.15) is 34.3 Å². The summed E-state index contributed by atoms with van der Waals surface area (Å²) in [5.41, 5.74) is 11.6. The summed E-state index contributed by atoms with van der Waals surface area (Å²) in [6.45, 7) is 2.05. The van der Waals surface area contributed by atoms with Crippen molar-refractivity contribution in [3.63, 3.8) is 0 Å². The Bertz CT molecular complexity index is 990. The Morgan fingerprint density at radius 2 is 1.76 bits per heavy atom. The Hall–Kier alpha value is -2.43. The second-order valence-corrected chi connectivity index (χ2v) is 9.13. The van der Waals surface area contributed by atoms with Gasteiger partial charge < -0.3 is 16.8 Å². The van der Waals surface area contributed by atoms with Crippen molar-refractivity contribution in [3.8, 4) is 0 Å². The van der Waals surface area contributed by atoms with E-state index in [1.165, 1.54) is 5.56 Å². The van der Waals surface area contributed by atoms with E-state index < -0.39 is 23.7 Å². The van der Waals surface area contributed by atoms with Crippen molar-refractivity contribution in [2.45, 2.75) is 31.6 Å². The van der Waals surface area contributed by atoms with E-state index in [1.807, 2.05) is 12.1 Å². The quantitative estimate of drug-likeness (QED) is 0.478. The van der Waals surface area contributed by atoms with Crippen LogP contribution in [0.3, 0.4) is 0 Å². The molecule has 178 valence electrons. The largest absolute Gasteiger partial charge is 0.416 e. The molecule has 1 fully saturated rings. The second kappa shape index (κ2) is 10.7. The predicted molar refractivity (Wildman–Crippen MR) is 123 cm³/mol. The SMILES string of the molecule is Nc1ccc(C(F)(F)F)cc1C(=O)NCC(=O)C(N)C1CCN(Cc2ccc(Br)cc2)CC1. The number of hydrogen-bond acceptors (Lipinski definition) is 5. The molecule has 1 aliphatic heterocycles. The van der Waals surface area contributed by atoms with E-state index in [2.05, 4.69) is 38.3 Å². The van der Waals surface area contributed by atoms with E-state index in [4.69, 9.17) is 11.5 Å². The number of nitrogens with two attached hydrogens (primary N) is 2. The summed E-state index contributed by atoms with van der Waals surface area (Å²) in [6, 6.07) is 9.87. The Balaban J connectivity index is 1.49. The van der Waals surface area contributed by atoms with Crippen molar-refractivity contribution in [2.24, 2.45) is 11.7 Å². The number of nitrogen functional groups attached to an aromatic ring is 1. The number of rotatable bonds is 7. The van der Waals surface area contributed by atoms with Crippen molar-refractivity contribution in [1.29, 1.82) is 0 Å². The zero-order chi connectivity index (χ0) is 24.2. The average molecular weight is 527 g/mol. The number of benzene rings is 2. The lowest BCUT2D eigenvalue weighted by molar-refractivity contribution is -0.137. The van der Waals surface area contributed by atoms with Gasteiger partial charge in [-0.2, -0.15) is 13.2 Å². The summed E-state index contributed by atoms with van der Waals surface area (Å²) in [7, 11) is 0. The van der Waals surface area contributed by atoms with Crippen LogP contribution in [0.25, 0.3) is 0 Å². The monoisotopic (exact) mass is 526 g/mol. The van der Waals surface area contributed by atoms with Crippen LogP contribution in [0.4, 0.5) is 18.9 Å². The van der Waals surface area contributed by atoms with Crippen LogP contribution in [0.5, 0.6) is 0 Å². The molecule has 3 rings (SSSR count). The normalized spacial score (nSPS) is 16.4. The fourth-order valence-corrected chi connectivity index (χ4v) is 4.16. The molecule has 2 aromatic rings. The molecule has 5 N–H and O–H groups in total. The molecule has 1 heterocycles. The first kappa shape index (κ1) is 25.2. The number of hydrogen-bond donors (Lipinski definition) is 3. The lowest BCUT2D eigenvalue weighted by Crippen LogP contribution is -2.47. The molecule has 0 aliphatic carbocycles. The Kier molecular flexibility index (Phi) is 8.14. The van der Waals surface area contributed by atoms with Gasteiger partial charge in [-0.15, -0.1) is 0 Å². The molecule has 0 bridgehead atoms. The molecule has 0 radical (unpaired) electrons. The molecule has 0 saturated carbocycles. The highest BCUT2D eigenvalue weighted by Crippen LogP contribution is 2.31. The molecular weight excluding hydrogens is 501 g/mol. The zero-order valence-corrected chi connectivity index (χ0v) is 19.5. The maximum Gasteiger partial charge on any atom is 0.416 e. The van der Waals surface area contributed by atoms with Crippen LogP contribution >= 0.6 is 15.9 Å². The molecule has 1 atom stereocenters. The summed E-state index contributed by atoms with van der Waals surface area (Å²) in [4.78, 5) is 27.1. The fraction of sp³-hybridized carbons (Fsp3) is 0.391. The minimum atomic E-state index is -4.60. The number of likely N-dealkylation sites (tertiary alicyclic amines) is 1. The lowest BCUT2D eigenvalue weighted by atomic mass is 9.87. The molecule has 6 nitrogen and oxygen atoms in total. The Morgan fingerprint density at radius 1 is 1.12 bits per heavy atom. The summed E-state index contributed by atoms with van der Waals surface area (Å²) in [5.74, 6) is -1.22. The highest BCUT2D eigenvalue weighted by Gasteiger charge is 2.32. The van der Waals surface area contributed by atoms with Gasteiger partial charge in [-0.1, -0.05) is 28.1 Å². The number of nitrogens with zero attached hydrogens (tertiary/aromatic N) is 1. The first-order valence-corrected chi connectivity index (χ1v) is 11.3. The number of nitrogens with one attached hydrogen (secondary N) is 1. The highest BCUT2D eigenvalue weighted by atomic mass is 79.9. The third-order valence-corrected chi connectivity index (χ3v) is 6.41. The van der Waals surface area contributed by atoms with Gasteiger partial charge in [0.15, 0.2) is 5.78 Å². The first-order chi connectivity index (χ1) is 15.5. The number of ketones is 1. The molecule has 0 aromatic heterocycles. The van der Waals surface area contributed by atoms with Crippen LogP contribution in [0, 0.1) is 5.92 Å². The molecule has 1 aliphatic rings. The fourth-order valence-electron chi connectivity index (χ4n) is 3.89. The molecule has 2 aromatic carbocycles. The zero-order valence-electron chi connectivity index (χ0n) is 17.9. The summed E-state index contributed by atoms with van der Waals surface area (Å²) in [6.07, 6.45) is -3.11. The number of halogens is 4. The number of carbonyl (C=O) groups excluding carboxylic acids is 2. The minimum Gasteiger partial charge on any atom is -0.398 e. The van der Waals surface area contributed by atoms with Crippen molar-refractivity contribution >= 4 is 33.3 Å². The molecule has 1 unspecified atom stereocenters. The van der Waals surface area contributed by atoms with Crippen molar-refractivity contribution in [1.82, 2.24) is 10.2 Å². The summed E-state index contributed by atoms with van der Waals surface area (Å²) >= 11 is 3.42.